The lowest BCUT2D eigenvalue weighted by atomic mass is 10.1. The van der Waals surface area contributed by atoms with Crippen LogP contribution in [0.5, 0.6) is 5.75 Å². The summed E-state index contributed by atoms with van der Waals surface area (Å²) in [6.45, 7) is 3.83. The monoisotopic (exact) mass is 545 g/mol. The largest absolute Gasteiger partial charge is 0.488 e. The Labute approximate surface area is 198 Å². The van der Waals surface area contributed by atoms with Crippen LogP contribution in [0.25, 0.3) is 0 Å². The number of esters is 1. The van der Waals surface area contributed by atoms with Gasteiger partial charge in [-0.15, -0.1) is 0 Å². The van der Waals surface area contributed by atoms with Crippen molar-refractivity contribution in [1.82, 2.24) is 0 Å². The number of hydrogen-bond acceptors (Lipinski definition) is 4. The van der Waals surface area contributed by atoms with E-state index in [1.807, 2.05) is 43.3 Å². The fourth-order valence-electron chi connectivity index (χ4n) is 2.71. The summed E-state index contributed by atoms with van der Waals surface area (Å²) in [6, 6.07) is 20.0. The van der Waals surface area contributed by atoms with Gasteiger partial charge in [0.15, 0.2) is 6.10 Å². The molecule has 1 amide bonds. The first kappa shape index (κ1) is 23.0. The molecular formula is C24H21Br2NO4. The SMILES string of the molecule is Cc1cc(NC(=O)C(C)OC(=O)c2ccc(COc3ccccc3Br)cc2)ccc1Br. The Morgan fingerprint density at radius 3 is 2.35 bits per heavy atom. The summed E-state index contributed by atoms with van der Waals surface area (Å²) in [7, 11) is 0. The molecule has 1 unspecified atom stereocenters. The molecule has 0 saturated heterocycles. The number of amides is 1. The molecule has 1 N–H and O–H groups in total. The van der Waals surface area contributed by atoms with E-state index in [-0.39, 0.29) is 0 Å². The number of aryl methyl sites for hydroxylation is 1. The van der Waals surface area contributed by atoms with Crippen LogP contribution < -0.4 is 10.1 Å². The summed E-state index contributed by atoms with van der Waals surface area (Å²) in [4.78, 5) is 24.8. The molecule has 3 aromatic rings. The molecule has 7 heteroatoms. The number of anilines is 1. The van der Waals surface area contributed by atoms with Gasteiger partial charge in [0, 0.05) is 10.2 Å². The predicted octanol–water partition coefficient (Wildman–Crippen LogP) is 6.28. The minimum absolute atomic E-state index is 0.364. The van der Waals surface area contributed by atoms with Crippen LogP contribution in [-0.4, -0.2) is 18.0 Å². The number of carbonyl (C=O) groups is 2. The van der Waals surface area contributed by atoms with E-state index < -0.39 is 18.0 Å². The highest BCUT2D eigenvalue weighted by molar-refractivity contribution is 9.10. The zero-order valence-corrected chi connectivity index (χ0v) is 20.2. The Morgan fingerprint density at radius 1 is 0.968 bits per heavy atom. The Kier molecular flexibility index (Phi) is 7.87. The van der Waals surface area contributed by atoms with E-state index in [1.165, 1.54) is 0 Å². The molecule has 0 saturated carbocycles. The van der Waals surface area contributed by atoms with Gasteiger partial charge in [-0.3, -0.25) is 4.79 Å². The third-order valence-electron chi connectivity index (χ3n) is 4.50. The molecule has 0 fully saturated rings. The van der Waals surface area contributed by atoms with Gasteiger partial charge in [0.05, 0.1) is 10.0 Å². The van der Waals surface area contributed by atoms with Gasteiger partial charge >= 0.3 is 5.97 Å². The smallest absolute Gasteiger partial charge is 0.338 e. The first-order valence-electron chi connectivity index (χ1n) is 9.58. The molecule has 0 heterocycles. The molecule has 0 aliphatic heterocycles. The molecule has 0 aromatic heterocycles. The maximum Gasteiger partial charge on any atom is 0.338 e. The summed E-state index contributed by atoms with van der Waals surface area (Å²) in [5, 5.41) is 2.76. The van der Waals surface area contributed by atoms with Crippen LogP contribution in [0.2, 0.25) is 0 Å². The number of ether oxygens (including phenoxy) is 2. The van der Waals surface area contributed by atoms with Crippen molar-refractivity contribution in [2.75, 3.05) is 5.32 Å². The van der Waals surface area contributed by atoms with E-state index >= 15 is 0 Å². The summed E-state index contributed by atoms with van der Waals surface area (Å²) < 4.78 is 12.9. The molecule has 0 bridgehead atoms. The minimum Gasteiger partial charge on any atom is -0.488 e. The minimum atomic E-state index is -0.935. The van der Waals surface area contributed by atoms with Crippen LogP contribution in [0, 0.1) is 6.92 Å². The van der Waals surface area contributed by atoms with Crippen molar-refractivity contribution < 1.29 is 19.1 Å². The van der Waals surface area contributed by atoms with Gasteiger partial charge in [0.2, 0.25) is 0 Å². The van der Waals surface area contributed by atoms with E-state index in [0.29, 0.717) is 17.9 Å². The summed E-state index contributed by atoms with van der Waals surface area (Å²) >= 11 is 6.86. The van der Waals surface area contributed by atoms with Crippen LogP contribution in [0.15, 0.2) is 75.7 Å². The lowest BCUT2D eigenvalue weighted by Gasteiger charge is -2.14. The number of hydrogen-bond donors (Lipinski definition) is 1. The van der Waals surface area contributed by atoms with E-state index in [4.69, 9.17) is 9.47 Å². The number of nitrogens with one attached hydrogen (secondary N) is 1. The molecule has 0 aliphatic carbocycles. The van der Waals surface area contributed by atoms with Gasteiger partial charge < -0.3 is 14.8 Å². The average molecular weight is 547 g/mol. The molecule has 0 aliphatic rings. The fourth-order valence-corrected chi connectivity index (χ4v) is 3.35. The Bertz CT molecular complexity index is 1080. The number of benzene rings is 3. The topological polar surface area (TPSA) is 64.6 Å². The first-order valence-corrected chi connectivity index (χ1v) is 11.2. The van der Waals surface area contributed by atoms with Crippen molar-refractivity contribution in [1.29, 1.82) is 0 Å². The molecule has 160 valence electrons. The normalized spacial score (nSPS) is 11.5. The molecule has 31 heavy (non-hydrogen) atoms. The highest BCUT2D eigenvalue weighted by atomic mass is 79.9. The lowest BCUT2D eigenvalue weighted by molar-refractivity contribution is -0.123. The Hall–Kier alpha value is -2.64. The summed E-state index contributed by atoms with van der Waals surface area (Å²) in [5.74, 6) is -0.215. The standard InChI is InChI=1S/C24H21Br2NO4/c1-15-13-19(11-12-20(15)25)27-23(28)16(2)31-24(29)18-9-7-17(8-10-18)14-30-22-6-4-3-5-21(22)26/h3-13,16H,14H2,1-2H3,(H,27,28). The van der Waals surface area contributed by atoms with E-state index in [1.54, 1.807) is 37.3 Å². The van der Waals surface area contributed by atoms with Crippen molar-refractivity contribution in [3.05, 3.63) is 92.4 Å². The molecule has 1 atom stereocenters. The zero-order chi connectivity index (χ0) is 22.4. The third-order valence-corrected chi connectivity index (χ3v) is 6.04. The Morgan fingerprint density at radius 2 is 1.68 bits per heavy atom. The van der Waals surface area contributed by atoms with Crippen LogP contribution in [0.4, 0.5) is 5.69 Å². The van der Waals surface area contributed by atoms with Gasteiger partial charge in [-0.1, -0.05) is 40.2 Å². The van der Waals surface area contributed by atoms with Crippen LogP contribution in [0.3, 0.4) is 0 Å². The second-order valence-electron chi connectivity index (χ2n) is 6.92. The van der Waals surface area contributed by atoms with Gasteiger partial charge in [0.1, 0.15) is 12.4 Å². The summed E-state index contributed by atoms with van der Waals surface area (Å²) in [5.41, 5.74) is 2.90. The molecule has 0 radical (unpaired) electrons. The van der Waals surface area contributed by atoms with E-state index in [2.05, 4.69) is 37.2 Å². The molecular weight excluding hydrogens is 526 g/mol. The van der Waals surface area contributed by atoms with Crippen molar-refractivity contribution in [3.63, 3.8) is 0 Å². The van der Waals surface area contributed by atoms with E-state index in [9.17, 15) is 9.59 Å². The van der Waals surface area contributed by atoms with Gasteiger partial charge in [-0.25, -0.2) is 4.79 Å². The van der Waals surface area contributed by atoms with Crippen LogP contribution in [-0.2, 0) is 16.1 Å². The van der Waals surface area contributed by atoms with Crippen molar-refractivity contribution in [2.45, 2.75) is 26.6 Å². The number of carbonyl (C=O) groups excluding carboxylic acids is 2. The molecule has 3 aromatic carbocycles. The highest BCUT2D eigenvalue weighted by Crippen LogP contribution is 2.25. The molecule has 5 nitrogen and oxygen atoms in total. The Balaban J connectivity index is 1.54. The van der Waals surface area contributed by atoms with Gasteiger partial charge in [-0.05, 0) is 83.4 Å². The number of para-hydroxylation sites is 1. The van der Waals surface area contributed by atoms with Gasteiger partial charge in [0.25, 0.3) is 5.91 Å². The maximum atomic E-state index is 12.4. The predicted molar refractivity (Wildman–Crippen MR) is 127 cm³/mol. The first-order chi connectivity index (χ1) is 14.8. The van der Waals surface area contributed by atoms with Gasteiger partial charge in [-0.2, -0.15) is 0 Å². The zero-order valence-electron chi connectivity index (χ0n) is 17.0. The number of rotatable bonds is 7. The van der Waals surface area contributed by atoms with E-state index in [0.717, 1.165) is 25.8 Å². The van der Waals surface area contributed by atoms with Crippen molar-refractivity contribution in [3.8, 4) is 5.75 Å². The van der Waals surface area contributed by atoms with Crippen LogP contribution >= 0.6 is 31.9 Å². The summed E-state index contributed by atoms with van der Waals surface area (Å²) in [6.07, 6.45) is -0.935. The molecule has 0 spiro atoms. The third kappa shape index (κ3) is 6.42. The molecule has 3 rings (SSSR count). The van der Waals surface area contributed by atoms with Crippen molar-refractivity contribution in [2.24, 2.45) is 0 Å². The number of halogens is 2. The van der Waals surface area contributed by atoms with Crippen LogP contribution in [0.1, 0.15) is 28.4 Å². The second-order valence-corrected chi connectivity index (χ2v) is 8.63. The highest BCUT2D eigenvalue weighted by Gasteiger charge is 2.19. The maximum absolute atomic E-state index is 12.4. The lowest BCUT2D eigenvalue weighted by Crippen LogP contribution is -2.30. The quantitative estimate of drug-likeness (QED) is 0.354. The average Bonchev–Trinajstić information content (AvgIpc) is 2.76. The fraction of sp³-hybridized carbons (Fsp3) is 0.167. The second kappa shape index (κ2) is 10.6. The van der Waals surface area contributed by atoms with Crippen molar-refractivity contribution >= 4 is 49.4 Å².